The molecule has 0 aliphatic heterocycles. The van der Waals surface area contributed by atoms with Gasteiger partial charge < -0.3 is 9.15 Å². The summed E-state index contributed by atoms with van der Waals surface area (Å²) in [7, 11) is 0. The smallest absolute Gasteiger partial charge is 0.277 e. The minimum Gasteiger partial charge on any atom is -0.484 e. The van der Waals surface area contributed by atoms with Gasteiger partial charge >= 0.3 is 0 Å². The van der Waals surface area contributed by atoms with Crippen LogP contribution in [-0.2, 0) is 12.4 Å². The lowest BCUT2D eigenvalue weighted by Crippen LogP contribution is -1.95. The largest absolute Gasteiger partial charge is 0.484 e. The molecule has 0 unspecified atom stereocenters. The lowest BCUT2D eigenvalue weighted by atomic mass is 10.2. The Labute approximate surface area is 141 Å². The minimum absolute atomic E-state index is 0.265. The Balaban J connectivity index is 1.51. The van der Waals surface area contributed by atoms with Crippen LogP contribution in [0.4, 0.5) is 0 Å². The molecule has 0 saturated heterocycles. The highest BCUT2D eigenvalue weighted by molar-refractivity contribution is 7.98. The molecule has 0 aliphatic carbocycles. The summed E-state index contributed by atoms with van der Waals surface area (Å²) in [6, 6.07) is 11.7. The first-order valence-electron chi connectivity index (χ1n) is 6.58. The lowest BCUT2D eigenvalue weighted by molar-refractivity contribution is 0.252. The van der Waals surface area contributed by atoms with Crippen LogP contribution in [0, 0.1) is 6.92 Å². The van der Waals surface area contributed by atoms with Gasteiger partial charge in [-0.25, -0.2) is 0 Å². The number of aromatic nitrogens is 2. The number of rotatable bonds is 6. The Kier molecular flexibility index (Phi) is 5.02. The van der Waals surface area contributed by atoms with E-state index < -0.39 is 0 Å². The zero-order chi connectivity index (χ0) is 15.4. The highest BCUT2D eigenvalue weighted by Gasteiger charge is 2.08. The fourth-order valence-corrected chi connectivity index (χ4v) is 3.61. The van der Waals surface area contributed by atoms with Crippen molar-refractivity contribution in [1.82, 2.24) is 10.2 Å². The summed E-state index contributed by atoms with van der Waals surface area (Å²) in [4.78, 5) is 1.17. The van der Waals surface area contributed by atoms with Gasteiger partial charge in [0.15, 0.2) is 6.61 Å². The Morgan fingerprint density at radius 2 is 2.00 bits per heavy atom. The predicted octanol–water partition coefficient (Wildman–Crippen LogP) is 4.96. The molecule has 2 heterocycles. The number of benzene rings is 1. The van der Waals surface area contributed by atoms with Gasteiger partial charge in [-0.1, -0.05) is 41.1 Å². The van der Waals surface area contributed by atoms with Crippen molar-refractivity contribution in [1.29, 1.82) is 0 Å². The molecule has 3 aromatic rings. The normalized spacial score (nSPS) is 10.8. The maximum Gasteiger partial charge on any atom is 0.277 e. The van der Waals surface area contributed by atoms with Gasteiger partial charge in [0.1, 0.15) is 5.75 Å². The van der Waals surface area contributed by atoms with Gasteiger partial charge in [-0.2, -0.15) is 0 Å². The van der Waals surface area contributed by atoms with Crippen molar-refractivity contribution in [2.75, 3.05) is 0 Å². The van der Waals surface area contributed by atoms with E-state index in [0.29, 0.717) is 11.1 Å². The molecule has 1 aromatic carbocycles. The van der Waals surface area contributed by atoms with E-state index in [4.69, 9.17) is 20.8 Å². The van der Waals surface area contributed by atoms with Crippen molar-refractivity contribution in [3.8, 4) is 5.75 Å². The quantitative estimate of drug-likeness (QED) is 0.586. The molecule has 0 bridgehead atoms. The molecule has 0 aliphatic rings. The highest BCUT2D eigenvalue weighted by atomic mass is 35.5. The van der Waals surface area contributed by atoms with E-state index in [-0.39, 0.29) is 6.61 Å². The second kappa shape index (κ2) is 7.17. The van der Waals surface area contributed by atoms with E-state index in [1.165, 1.54) is 22.2 Å². The van der Waals surface area contributed by atoms with Crippen molar-refractivity contribution in [2.24, 2.45) is 0 Å². The number of hydrogen-bond donors (Lipinski definition) is 0. The van der Waals surface area contributed by atoms with Crippen LogP contribution >= 0.6 is 34.7 Å². The van der Waals surface area contributed by atoms with Gasteiger partial charge in [0.25, 0.3) is 11.1 Å². The average molecular weight is 353 g/mol. The van der Waals surface area contributed by atoms with E-state index in [2.05, 4.69) is 10.2 Å². The third-order valence-corrected chi connectivity index (χ3v) is 5.08. The summed E-state index contributed by atoms with van der Waals surface area (Å²) in [5.41, 5.74) is 1.19. The van der Waals surface area contributed by atoms with E-state index in [0.717, 1.165) is 15.8 Å². The van der Waals surface area contributed by atoms with Crippen molar-refractivity contribution >= 4 is 34.7 Å². The van der Waals surface area contributed by atoms with Gasteiger partial charge in [-0.05, 0) is 31.2 Å². The second-order valence-electron chi connectivity index (χ2n) is 4.56. The number of aryl methyl sites for hydroxylation is 1. The zero-order valence-electron chi connectivity index (χ0n) is 11.8. The van der Waals surface area contributed by atoms with E-state index in [9.17, 15) is 0 Å². The minimum atomic E-state index is 0.265. The average Bonchev–Trinajstić information content (AvgIpc) is 3.13. The standard InChI is InChI=1S/C15H13ClN2O2S2/c1-10-2-4-11(5-3-10)19-8-14-17-18-15(20-14)21-9-12-6-7-13(16)22-12/h2-7H,8-9H2,1H3. The van der Waals surface area contributed by atoms with Crippen LogP contribution in [0.2, 0.25) is 4.34 Å². The van der Waals surface area contributed by atoms with Crippen LogP contribution in [0.1, 0.15) is 16.3 Å². The first kappa shape index (κ1) is 15.4. The SMILES string of the molecule is Cc1ccc(OCc2nnc(SCc3ccc(Cl)s3)o2)cc1. The Morgan fingerprint density at radius 3 is 2.73 bits per heavy atom. The second-order valence-corrected chi connectivity index (χ2v) is 7.28. The van der Waals surface area contributed by atoms with Crippen LogP contribution in [0.5, 0.6) is 5.75 Å². The topological polar surface area (TPSA) is 48.2 Å². The van der Waals surface area contributed by atoms with Gasteiger partial charge in [0.05, 0.1) is 4.34 Å². The summed E-state index contributed by atoms with van der Waals surface area (Å²) in [5, 5.41) is 8.52. The summed E-state index contributed by atoms with van der Waals surface area (Å²) in [5.74, 6) is 2.01. The number of ether oxygens (including phenoxy) is 1. The number of halogens is 1. The van der Waals surface area contributed by atoms with Crippen LogP contribution in [-0.4, -0.2) is 10.2 Å². The van der Waals surface area contributed by atoms with Crippen molar-refractivity contribution in [3.05, 3.63) is 57.1 Å². The molecule has 0 fully saturated rings. The van der Waals surface area contributed by atoms with E-state index in [1.807, 2.05) is 43.3 Å². The molecular weight excluding hydrogens is 340 g/mol. The third-order valence-electron chi connectivity index (χ3n) is 2.80. The van der Waals surface area contributed by atoms with Gasteiger partial charge in [0.2, 0.25) is 0 Å². The monoisotopic (exact) mass is 352 g/mol. The van der Waals surface area contributed by atoms with Crippen molar-refractivity contribution < 1.29 is 9.15 Å². The Hall–Kier alpha value is -1.50. The Bertz CT molecular complexity index is 740. The Morgan fingerprint density at radius 1 is 1.18 bits per heavy atom. The number of hydrogen-bond acceptors (Lipinski definition) is 6. The summed E-state index contributed by atoms with van der Waals surface area (Å²) < 4.78 is 11.9. The zero-order valence-corrected chi connectivity index (χ0v) is 14.2. The summed E-state index contributed by atoms with van der Waals surface area (Å²) in [6.07, 6.45) is 0. The lowest BCUT2D eigenvalue weighted by Gasteiger charge is -2.02. The molecule has 2 aromatic heterocycles. The molecule has 0 amide bonds. The van der Waals surface area contributed by atoms with Crippen LogP contribution in [0.3, 0.4) is 0 Å². The summed E-state index contributed by atoms with van der Waals surface area (Å²) in [6.45, 7) is 2.30. The molecule has 22 heavy (non-hydrogen) atoms. The number of thiophene rings is 1. The molecule has 0 N–H and O–H groups in total. The summed E-state index contributed by atoms with van der Waals surface area (Å²) >= 11 is 8.94. The molecule has 0 atom stereocenters. The first-order valence-corrected chi connectivity index (χ1v) is 8.76. The van der Waals surface area contributed by atoms with Gasteiger partial charge in [-0.15, -0.1) is 21.5 Å². The van der Waals surface area contributed by atoms with Crippen LogP contribution < -0.4 is 4.74 Å². The van der Waals surface area contributed by atoms with E-state index >= 15 is 0 Å². The van der Waals surface area contributed by atoms with Gasteiger partial charge in [-0.3, -0.25) is 0 Å². The molecule has 0 saturated carbocycles. The maximum absolute atomic E-state index is 5.90. The van der Waals surface area contributed by atoms with Gasteiger partial charge in [0, 0.05) is 10.6 Å². The first-order chi connectivity index (χ1) is 10.7. The fourth-order valence-electron chi connectivity index (χ4n) is 1.70. The maximum atomic E-state index is 5.90. The number of nitrogens with zero attached hydrogens (tertiary/aromatic N) is 2. The molecular formula is C15H13ClN2O2S2. The van der Waals surface area contributed by atoms with Crippen LogP contribution in [0.25, 0.3) is 0 Å². The van der Waals surface area contributed by atoms with Crippen molar-refractivity contribution in [2.45, 2.75) is 24.5 Å². The molecule has 114 valence electrons. The molecule has 3 rings (SSSR count). The molecule has 7 heteroatoms. The molecule has 0 spiro atoms. The highest BCUT2D eigenvalue weighted by Crippen LogP contribution is 2.28. The number of thioether (sulfide) groups is 1. The van der Waals surface area contributed by atoms with E-state index in [1.54, 1.807) is 11.3 Å². The van der Waals surface area contributed by atoms with Crippen LogP contribution in [0.15, 0.2) is 46.0 Å². The molecule has 0 radical (unpaired) electrons. The fraction of sp³-hybridized carbons (Fsp3) is 0.200. The van der Waals surface area contributed by atoms with Crippen molar-refractivity contribution in [3.63, 3.8) is 0 Å². The third kappa shape index (κ3) is 4.25. The molecule has 4 nitrogen and oxygen atoms in total. The predicted molar refractivity (Wildman–Crippen MR) is 88.7 cm³/mol.